The van der Waals surface area contributed by atoms with E-state index >= 15 is 0 Å². The first-order chi connectivity index (χ1) is 10.0. The molecule has 2 aliphatic rings. The zero-order valence-corrected chi connectivity index (χ0v) is 14.5. The van der Waals surface area contributed by atoms with Crippen molar-refractivity contribution in [1.82, 2.24) is 13.9 Å². The van der Waals surface area contributed by atoms with Crippen LogP contribution in [0.2, 0.25) is 0 Å². The highest BCUT2D eigenvalue weighted by atomic mass is 32.2. The molecule has 0 radical (unpaired) electrons. The smallest absolute Gasteiger partial charge is 0.282 e. The van der Waals surface area contributed by atoms with Gasteiger partial charge in [0.2, 0.25) is 0 Å². The molecule has 2 rings (SSSR count). The molecular formula is C15H31N3O2S. The predicted octanol–water partition coefficient (Wildman–Crippen LogP) is 1.82. The molecule has 6 heteroatoms. The van der Waals surface area contributed by atoms with Gasteiger partial charge in [-0.15, -0.1) is 0 Å². The van der Waals surface area contributed by atoms with Crippen LogP contribution in [0.15, 0.2) is 0 Å². The van der Waals surface area contributed by atoms with E-state index in [1.165, 1.54) is 0 Å². The average Bonchev–Trinajstić information content (AvgIpc) is 2.48. The van der Waals surface area contributed by atoms with Crippen molar-refractivity contribution >= 4 is 10.2 Å². The second-order valence-corrected chi connectivity index (χ2v) is 8.32. The predicted molar refractivity (Wildman–Crippen MR) is 86.4 cm³/mol. The van der Waals surface area contributed by atoms with E-state index in [2.05, 4.69) is 19.2 Å². The Morgan fingerprint density at radius 2 is 1.90 bits per heavy atom. The summed E-state index contributed by atoms with van der Waals surface area (Å²) >= 11 is 0. The van der Waals surface area contributed by atoms with Crippen LogP contribution in [0.25, 0.3) is 0 Å². The van der Waals surface area contributed by atoms with Gasteiger partial charge in [0.05, 0.1) is 0 Å². The largest absolute Gasteiger partial charge is 0.314 e. The quantitative estimate of drug-likeness (QED) is 0.841. The fourth-order valence-electron chi connectivity index (χ4n) is 3.72. The summed E-state index contributed by atoms with van der Waals surface area (Å²) in [6, 6.07) is 0.612. The number of rotatable bonds is 5. The molecule has 0 spiro atoms. The number of hydrogen-bond acceptors (Lipinski definition) is 3. The zero-order chi connectivity index (χ0) is 15.5. The average molecular weight is 317 g/mol. The minimum atomic E-state index is -3.28. The van der Waals surface area contributed by atoms with Crippen LogP contribution in [-0.2, 0) is 10.2 Å². The Balaban J connectivity index is 2.07. The molecule has 124 valence electrons. The van der Waals surface area contributed by atoms with Gasteiger partial charge in [-0.1, -0.05) is 26.7 Å². The SMILES string of the molecule is CCNC1CCN(S(=O)(=O)N2CCCCC2C)CC1CC. The molecule has 0 saturated carbocycles. The van der Waals surface area contributed by atoms with Crippen molar-refractivity contribution in [2.45, 2.75) is 65.0 Å². The molecule has 0 amide bonds. The van der Waals surface area contributed by atoms with Gasteiger partial charge in [-0.2, -0.15) is 17.0 Å². The number of piperidine rings is 2. The fraction of sp³-hybridized carbons (Fsp3) is 1.00. The first-order valence-electron chi connectivity index (χ1n) is 8.51. The van der Waals surface area contributed by atoms with Crippen molar-refractivity contribution in [1.29, 1.82) is 0 Å². The van der Waals surface area contributed by atoms with E-state index in [9.17, 15) is 8.42 Å². The first-order valence-corrected chi connectivity index (χ1v) is 9.90. The summed E-state index contributed by atoms with van der Waals surface area (Å²) in [4.78, 5) is 0. The number of nitrogens with zero attached hydrogens (tertiary/aromatic N) is 2. The minimum Gasteiger partial charge on any atom is -0.314 e. The third kappa shape index (κ3) is 3.78. The molecule has 0 bridgehead atoms. The Hall–Kier alpha value is -0.170. The molecule has 2 heterocycles. The van der Waals surface area contributed by atoms with Crippen molar-refractivity contribution in [2.24, 2.45) is 5.92 Å². The van der Waals surface area contributed by atoms with Crippen molar-refractivity contribution in [3.8, 4) is 0 Å². The van der Waals surface area contributed by atoms with Crippen LogP contribution in [0.4, 0.5) is 0 Å². The van der Waals surface area contributed by atoms with Gasteiger partial charge < -0.3 is 5.32 Å². The summed E-state index contributed by atoms with van der Waals surface area (Å²) in [6.07, 6.45) is 5.08. The van der Waals surface area contributed by atoms with Crippen LogP contribution >= 0.6 is 0 Å². The number of nitrogens with one attached hydrogen (secondary N) is 1. The van der Waals surface area contributed by atoms with Crippen molar-refractivity contribution in [2.75, 3.05) is 26.2 Å². The first kappa shape index (κ1) is 17.2. The lowest BCUT2D eigenvalue weighted by Gasteiger charge is -2.42. The van der Waals surface area contributed by atoms with Crippen LogP contribution in [0.3, 0.4) is 0 Å². The maximum Gasteiger partial charge on any atom is 0.282 e. The molecular weight excluding hydrogens is 286 g/mol. The summed E-state index contributed by atoms with van der Waals surface area (Å²) < 4.78 is 29.3. The van der Waals surface area contributed by atoms with Gasteiger partial charge in [0.25, 0.3) is 10.2 Å². The molecule has 0 aliphatic carbocycles. The molecule has 0 aromatic carbocycles. The Kier molecular flexibility index (Phi) is 6.05. The fourth-order valence-corrected chi connectivity index (χ4v) is 5.65. The molecule has 5 nitrogen and oxygen atoms in total. The molecule has 1 N–H and O–H groups in total. The Bertz CT molecular complexity index is 427. The van der Waals surface area contributed by atoms with E-state index in [0.29, 0.717) is 31.6 Å². The second-order valence-electron chi connectivity index (χ2n) is 6.44. The van der Waals surface area contributed by atoms with Crippen molar-refractivity contribution < 1.29 is 8.42 Å². The normalized spacial score (nSPS) is 33.2. The highest BCUT2D eigenvalue weighted by molar-refractivity contribution is 7.86. The Labute approximate surface area is 130 Å². The molecule has 0 aromatic heterocycles. The maximum absolute atomic E-state index is 12.9. The molecule has 3 atom stereocenters. The lowest BCUT2D eigenvalue weighted by atomic mass is 9.91. The van der Waals surface area contributed by atoms with Gasteiger partial charge >= 0.3 is 0 Å². The van der Waals surface area contributed by atoms with Crippen LogP contribution < -0.4 is 5.32 Å². The molecule has 3 unspecified atom stereocenters. The lowest BCUT2D eigenvalue weighted by molar-refractivity contribution is 0.181. The van der Waals surface area contributed by atoms with E-state index in [0.717, 1.165) is 38.6 Å². The van der Waals surface area contributed by atoms with Crippen LogP contribution in [0.1, 0.15) is 52.9 Å². The summed E-state index contributed by atoms with van der Waals surface area (Å²) in [5.41, 5.74) is 0. The summed E-state index contributed by atoms with van der Waals surface area (Å²) in [5.74, 6) is 0.425. The highest BCUT2D eigenvalue weighted by Gasteiger charge is 2.39. The third-order valence-corrected chi connectivity index (χ3v) is 7.17. The Morgan fingerprint density at radius 3 is 2.52 bits per heavy atom. The molecule has 21 heavy (non-hydrogen) atoms. The van der Waals surface area contributed by atoms with Gasteiger partial charge in [0, 0.05) is 31.7 Å². The monoisotopic (exact) mass is 317 g/mol. The van der Waals surface area contributed by atoms with Gasteiger partial charge in [0.1, 0.15) is 0 Å². The molecule has 2 fully saturated rings. The van der Waals surface area contributed by atoms with Gasteiger partial charge in [-0.25, -0.2) is 0 Å². The topological polar surface area (TPSA) is 52.7 Å². The summed E-state index contributed by atoms with van der Waals surface area (Å²) in [6.45, 7) is 9.28. The van der Waals surface area contributed by atoms with Gasteiger partial charge in [-0.3, -0.25) is 0 Å². The Morgan fingerprint density at radius 1 is 1.14 bits per heavy atom. The molecule has 2 saturated heterocycles. The molecule has 0 aromatic rings. The standard InChI is InChI=1S/C15H31N3O2S/c1-4-14-12-17(11-9-15(14)16-5-2)21(19,20)18-10-7-6-8-13(18)3/h13-16H,4-12H2,1-3H3. The van der Waals surface area contributed by atoms with E-state index < -0.39 is 10.2 Å². The van der Waals surface area contributed by atoms with Crippen LogP contribution in [0.5, 0.6) is 0 Å². The van der Waals surface area contributed by atoms with E-state index in [1.54, 1.807) is 8.61 Å². The summed E-state index contributed by atoms with van der Waals surface area (Å²) in [5, 5.41) is 3.51. The van der Waals surface area contributed by atoms with E-state index in [4.69, 9.17) is 0 Å². The number of hydrogen-bond donors (Lipinski definition) is 1. The van der Waals surface area contributed by atoms with Crippen LogP contribution in [0, 0.1) is 5.92 Å². The van der Waals surface area contributed by atoms with Gasteiger partial charge in [-0.05, 0) is 38.6 Å². The third-order valence-electron chi connectivity index (χ3n) is 5.05. The van der Waals surface area contributed by atoms with E-state index in [1.807, 2.05) is 6.92 Å². The highest BCUT2D eigenvalue weighted by Crippen LogP contribution is 2.27. The van der Waals surface area contributed by atoms with Crippen molar-refractivity contribution in [3.63, 3.8) is 0 Å². The van der Waals surface area contributed by atoms with Gasteiger partial charge in [0.15, 0.2) is 0 Å². The summed E-state index contributed by atoms with van der Waals surface area (Å²) in [7, 11) is -3.28. The van der Waals surface area contributed by atoms with Crippen LogP contribution in [-0.4, -0.2) is 55.3 Å². The zero-order valence-electron chi connectivity index (χ0n) is 13.7. The minimum absolute atomic E-state index is 0.148. The second kappa shape index (κ2) is 7.40. The van der Waals surface area contributed by atoms with Crippen molar-refractivity contribution in [3.05, 3.63) is 0 Å². The lowest BCUT2D eigenvalue weighted by Crippen LogP contribution is -2.56. The maximum atomic E-state index is 12.9. The van der Waals surface area contributed by atoms with E-state index in [-0.39, 0.29) is 6.04 Å². The molecule has 2 aliphatic heterocycles.